The third kappa shape index (κ3) is 6.17. The number of alkyl halides is 2. The second kappa shape index (κ2) is 12.5. The Morgan fingerprint density at radius 3 is 1.60 bits per heavy atom. The number of aryl methyl sites for hydroxylation is 1. The quantitative estimate of drug-likeness (QED) is 0.118. The van der Waals surface area contributed by atoms with Crippen molar-refractivity contribution in [3.63, 3.8) is 0 Å². The van der Waals surface area contributed by atoms with Crippen molar-refractivity contribution in [2.24, 2.45) is 0 Å². The van der Waals surface area contributed by atoms with Gasteiger partial charge in [0.25, 0.3) is 0 Å². The van der Waals surface area contributed by atoms with Crippen LogP contribution in [-0.2, 0) is 12.5 Å². The lowest BCUT2D eigenvalue weighted by Gasteiger charge is -2.19. The van der Waals surface area contributed by atoms with Gasteiger partial charge in [0, 0.05) is 17.2 Å². The van der Waals surface area contributed by atoms with E-state index in [-0.39, 0.29) is 16.7 Å². The predicted octanol–water partition coefficient (Wildman–Crippen LogP) is 11.8. The Morgan fingerprint density at radius 1 is 0.532 bits per heavy atom. The number of hydrogen-bond acceptors (Lipinski definition) is 1. The second-order valence-corrected chi connectivity index (χ2v) is 11.0. The molecule has 1 nitrogen and oxygen atoms in total. The van der Waals surface area contributed by atoms with Crippen LogP contribution in [0.15, 0.2) is 103 Å². The third-order valence-corrected chi connectivity index (χ3v) is 7.88. The van der Waals surface area contributed by atoms with Crippen molar-refractivity contribution in [1.29, 1.82) is 0 Å². The van der Waals surface area contributed by atoms with Gasteiger partial charge in [-0.2, -0.15) is 8.78 Å². The topological polar surface area (TPSA) is 9.23 Å². The van der Waals surface area contributed by atoms with Crippen molar-refractivity contribution in [1.82, 2.24) is 0 Å². The maximum atomic E-state index is 15.3. The Labute approximate surface area is 264 Å². The van der Waals surface area contributed by atoms with Crippen LogP contribution >= 0.6 is 0 Å². The lowest BCUT2D eigenvalue weighted by molar-refractivity contribution is -0.185. The molecule has 0 radical (unpaired) electrons. The third-order valence-electron chi connectivity index (χ3n) is 7.88. The summed E-state index contributed by atoms with van der Waals surface area (Å²) in [6, 6.07) is 23.6. The van der Waals surface area contributed by atoms with Gasteiger partial charge in [-0.15, -0.1) is 0 Å². The zero-order chi connectivity index (χ0) is 33.5. The Bertz CT molecular complexity index is 2090. The summed E-state index contributed by atoms with van der Waals surface area (Å²) >= 11 is 0. The summed E-state index contributed by atoms with van der Waals surface area (Å²) in [5, 5.41) is -1.45. The van der Waals surface area contributed by atoms with Crippen LogP contribution in [0.25, 0.3) is 44.2 Å². The standard InChI is InChI=1S/C38H24F8O/c1-2-3-21-4-6-22(7-5-21)23-8-10-24(11-9-23)29-16-17-30(35(42)34(29)41)25-12-14-27(15-13-25)38(45,46)47-28-18-26-19-32(40)36(43)37(44)33(26)31(39)20-28/h4-20H,2-3H2,1H3. The molecule has 0 aliphatic carbocycles. The van der Waals surface area contributed by atoms with Crippen molar-refractivity contribution in [3.8, 4) is 39.1 Å². The Hall–Kier alpha value is -5.18. The van der Waals surface area contributed by atoms with Gasteiger partial charge in [0.1, 0.15) is 11.6 Å². The van der Waals surface area contributed by atoms with E-state index in [1.165, 1.54) is 17.7 Å². The van der Waals surface area contributed by atoms with E-state index in [2.05, 4.69) is 23.8 Å². The maximum Gasteiger partial charge on any atom is 0.426 e. The highest BCUT2D eigenvalue weighted by atomic mass is 19.3. The van der Waals surface area contributed by atoms with Gasteiger partial charge in [-0.1, -0.05) is 86.1 Å². The Balaban J connectivity index is 1.21. The van der Waals surface area contributed by atoms with E-state index in [4.69, 9.17) is 0 Å². The fraction of sp³-hybridized carbons (Fsp3) is 0.105. The number of fused-ring (bicyclic) bond motifs is 1. The summed E-state index contributed by atoms with van der Waals surface area (Å²) in [6.07, 6.45) is -2.05. The molecule has 0 aliphatic heterocycles. The van der Waals surface area contributed by atoms with Crippen molar-refractivity contribution in [2.45, 2.75) is 25.9 Å². The fourth-order valence-electron chi connectivity index (χ4n) is 5.46. The van der Waals surface area contributed by atoms with E-state index in [0.29, 0.717) is 17.7 Å². The lowest BCUT2D eigenvalue weighted by atomic mass is 9.96. The number of hydrogen-bond donors (Lipinski definition) is 0. The first-order chi connectivity index (χ1) is 22.5. The maximum absolute atomic E-state index is 15.3. The molecule has 0 atom stereocenters. The van der Waals surface area contributed by atoms with Crippen LogP contribution in [0.3, 0.4) is 0 Å². The smallest absolute Gasteiger partial charge is 0.426 e. The van der Waals surface area contributed by atoms with Gasteiger partial charge in [-0.05, 0) is 63.9 Å². The van der Waals surface area contributed by atoms with Crippen molar-refractivity contribution >= 4 is 10.8 Å². The lowest BCUT2D eigenvalue weighted by Crippen LogP contribution is -2.22. The molecule has 0 spiro atoms. The zero-order valence-corrected chi connectivity index (χ0v) is 24.7. The highest BCUT2D eigenvalue weighted by Gasteiger charge is 2.35. The van der Waals surface area contributed by atoms with Crippen molar-refractivity contribution in [2.75, 3.05) is 0 Å². The second-order valence-electron chi connectivity index (χ2n) is 11.0. The molecule has 9 heteroatoms. The first-order valence-corrected chi connectivity index (χ1v) is 14.6. The van der Waals surface area contributed by atoms with Crippen LogP contribution in [0.5, 0.6) is 5.75 Å². The largest absolute Gasteiger partial charge is 0.429 e. The first kappa shape index (κ1) is 31.8. The number of halogens is 8. The van der Waals surface area contributed by atoms with E-state index in [9.17, 15) is 17.6 Å². The van der Waals surface area contributed by atoms with Gasteiger partial charge in [0.05, 0.1) is 10.9 Å². The van der Waals surface area contributed by atoms with Crippen LogP contribution in [0.1, 0.15) is 24.5 Å². The van der Waals surface area contributed by atoms with Gasteiger partial charge < -0.3 is 4.74 Å². The Morgan fingerprint density at radius 2 is 1.04 bits per heavy atom. The van der Waals surface area contributed by atoms with Crippen LogP contribution < -0.4 is 4.74 Å². The van der Waals surface area contributed by atoms with E-state index in [0.717, 1.165) is 54.3 Å². The number of ether oxygens (including phenoxy) is 1. The highest BCUT2D eigenvalue weighted by Crippen LogP contribution is 2.37. The molecule has 6 aromatic carbocycles. The summed E-state index contributed by atoms with van der Waals surface area (Å²) < 4.78 is 121. The summed E-state index contributed by atoms with van der Waals surface area (Å²) in [5.74, 6) is -9.83. The summed E-state index contributed by atoms with van der Waals surface area (Å²) in [4.78, 5) is 0. The molecule has 6 rings (SSSR count). The molecule has 238 valence electrons. The molecular weight excluding hydrogens is 624 g/mol. The molecule has 0 unspecified atom stereocenters. The molecule has 0 fully saturated rings. The molecular formula is C38H24F8O. The average molecular weight is 649 g/mol. The van der Waals surface area contributed by atoms with Gasteiger partial charge >= 0.3 is 6.11 Å². The summed E-state index contributed by atoms with van der Waals surface area (Å²) in [6.45, 7) is 2.11. The molecule has 0 saturated heterocycles. The van der Waals surface area contributed by atoms with E-state index < -0.39 is 63.1 Å². The summed E-state index contributed by atoms with van der Waals surface area (Å²) in [7, 11) is 0. The average Bonchev–Trinajstić information content (AvgIpc) is 3.05. The highest BCUT2D eigenvalue weighted by molar-refractivity contribution is 5.85. The number of benzene rings is 6. The minimum atomic E-state index is -4.08. The minimum absolute atomic E-state index is 0.0257. The SMILES string of the molecule is CCCc1ccc(-c2ccc(-c3ccc(-c4ccc(C(F)(F)Oc5cc(F)c6c(F)c(F)c(F)cc6c5)cc4)c(F)c3F)cc2)cc1. The van der Waals surface area contributed by atoms with E-state index >= 15 is 17.6 Å². The molecule has 0 amide bonds. The van der Waals surface area contributed by atoms with Gasteiger partial charge in [-0.3, -0.25) is 0 Å². The van der Waals surface area contributed by atoms with Crippen LogP contribution in [0.4, 0.5) is 35.1 Å². The molecule has 0 saturated carbocycles. The fourth-order valence-corrected chi connectivity index (χ4v) is 5.46. The van der Waals surface area contributed by atoms with Crippen molar-refractivity contribution in [3.05, 3.63) is 149 Å². The molecule has 0 aliphatic rings. The molecule has 0 bridgehead atoms. The molecule has 47 heavy (non-hydrogen) atoms. The Kier molecular flexibility index (Phi) is 8.49. The first-order valence-electron chi connectivity index (χ1n) is 14.6. The normalized spacial score (nSPS) is 11.7. The zero-order valence-electron chi connectivity index (χ0n) is 24.7. The van der Waals surface area contributed by atoms with Crippen LogP contribution in [0, 0.1) is 34.9 Å². The monoisotopic (exact) mass is 648 g/mol. The molecule has 6 aromatic rings. The van der Waals surface area contributed by atoms with Crippen molar-refractivity contribution < 1.29 is 39.9 Å². The van der Waals surface area contributed by atoms with Gasteiger partial charge in [0.2, 0.25) is 0 Å². The van der Waals surface area contributed by atoms with E-state index in [1.807, 2.05) is 24.3 Å². The molecule has 0 aromatic heterocycles. The van der Waals surface area contributed by atoms with Gasteiger partial charge in [0.15, 0.2) is 29.1 Å². The number of rotatable bonds is 8. The van der Waals surface area contributed by atoms with Crippen LogP contribution in [0.2, 0.25) is 0 Å². The van der Waals surface area contributed by atoms with Gasteiger partial charge in [-0.25, -0.2) is 26.3 Å². The van der Waals surface area contributed by atoms with Crippen LogP contribution in [-0.4, -0.2) is 0 Å². The predicted molar refractivity (Wildman–Crippen MR) is 165 cm³/mol. The van der Waals surface area contributed by atoms with E-state index in [1.54, 1.807) is 12.1 Å². The minimum Gasteiger partial charge on any atom is -0.429 e. The molecule has 0 N–H and O–H groups in total. The summed E-state index contributed by atoms with van der Waals surface area (Å²) in [5.41, 5.74) is 2.82. The molecule has 0 heterocycles.